The summed E-state index contributed by atoms with van der Waals surface area (Å²) in [5.41, 5.74) is 0.975. The molecule has 0 saturated carbocycles. The smallest absolute Gasteiger partial charge is 0.325 e. The number of anilines is 1. The number of rotatable bonds is 4. The van der Waals surface area contributed by atoms with Gasteiger partial charge in [0.2, 0.25) is 0 Å². The van der Waals surface area contributed by atoms with Crippen LogP contribution in [0.2, 0.25) is 0 Å². The molecule has 0 atom stereocenters. The Bertz CT molecular complexity index is 595. The molecule has 0 aliphatic carbocycles. The maximum absolute atomic E-state index is 11.3. The Morgan fingerprint density at radius 2 is 1.79 bits per heavy atom. The molecule has 2 aromatic rings. The van der Waals surface area contributed by atoms with E-state index < -0.39 is 0 Å². The van der Waals surface area contributed by atoms with Gasteiger partial charge in [0.15, 0.2) is 0 Å². The minimum Gasteiger partial charge on any atom is -0.497 e. The van der Waals surface area contributed by atoms with Crippen LogP contribution in [0.5, 0.6) is 5.75 Å². The molecule has 100 valence electrons. The molecule has 4 nitrogen and oxygen atoms in total. The largest absolute Gasteiger partial charge is 0.497 e. The Morgan fingerprint density at radius 3 is 2.47 bits per heavy atom. The summed E-state index contributed by atoms with van der Waals surface area (Å²) in [6.07, 6.45) is 0. The average molecular weight is 259 g/mol. The number of fused-ring (bicyclic) bond motifs is 1. The lowest BCUT2D eigenvalue weighted by Crippen LogP contribution is -2.26. The molecular formula is C15H17NO3. The normalized spacial score (nSPS) is 10.3. The van der Waals surface area contributed by atoms with E-state index in [1.807, 2.05) is 48.3 Å². The van der Waals surface area contributed by atoms with Crippen molar-refractivity contribution in [1.29, 1.82) is 0 Å². The van der Waals surface area contributed by atoms with E-state index in [9.17, 15) is 4.79 Å². The number of carbonyl (C=O) groups is 1. The molecular weight excluding hydrogens is 242 g/mol. The summed E-state index contributed by atoms with van der Waals surface area (Å²) < 4.78 is 9.86. The van der Waals surface area contributed by atoms with Crippen LogP contribution in [0.1, 0.15) is 0 Å². The molecule has 0 radical (unpaired) electrons. The van der Waals surface area contributed by atoms with Crippen molar-refractivity contribution in [1.82, 2.24) is 0 Å². The van der Waals surface area contributed by atoms with E-state index in [1.165, 1.54) is 7.11 Å². The summed E-state index contributed by atoms with van der Waals surface area (Å²) in [4.78, 5) is 13.1. The van der Waals surface area contributed by atoms with Crippen molar-refractivity contribution < 1.29 is 14.3 Å². The van der Waals surface area contributed by atoms with Gasteiger partial charge >= 0.3 is 5.97 Å². The van der Waals surface area contributed by atoms with Crippen LogP contribution in [0, 0.1) is 0 Å². The molecule has 0 heterocycles. The standard InChI is InChI=1S/C15H17NO3/c1-16(10-15(17)19-3)13-6-4-12-9-14(18-2)7-5-11(12)8-13/h4-9H,10H2,1-3H3. The first-order valence-corrected chi connectivity index (χ1v) is 6.00. The zero-order valence-electron chi connectivity index (χ0n) is 11.3. The lowest BCUT2D eigenvalue weighted by Gasteiger charge is -2.18. The van der Waals surface area contributed by atoms with Crippen molar-refractivity contribution >= 4 is 22.4 Å². The molecule has 0 aliphatic rings. The number of likely N-dealkylation sites (N-methyl/N-ethyl adjacent to an activating group) is 1. The lowest BCUT2D eigenvalue weighted by molar-refractivity contribution is -0.138. The van der Waals surface area contributed by atoms with Crippen molar-refractivity contribution in [3.05, 3.63) is 36.4 Å². The minimum atomic E-state index is -0.252. The van der Waals surface area contributed by atoms with Crippen LogP contribution in [0.25, 0.3) is 10.8 Å². The molecule has 0 unspecified atom stereocenters. The number of nitrogens with zero attached hydrogens (tertiary/aromatic N) is 1. The topological polar surface area (TPSA) is 38.8 Å². The second-order valence-electron chi connectivity index (χ2n) is 4.33. The Balaban J connectivity index is 2.28. The van der Waals surface area contributed by atoms with Gasteiger partial charge in [-0.3, -0.25) is 4.79 Å². The molecule has 0 aliphatic heterocycles. The highest BCUT2D eigenvalue weighted by molar-refractivity contribution is 5.87. The lowest BCUT2D eigenvalue weighted by atomic mass is 10.1. The molecule has 0 amide bonds. The van der Waals surface area contributed by atoms with Crippen LogP contribution in [0.4, 0.5) is 5.69 Å². The zero-order chi connectivity index (χ0) is 13.8. The Labute approximate surface area is 112 Å². The highest BCUT2D eigenvalue weighted by atomic mass is 16.5. The summed E-state index contributed by atoms with van der Waals surface area (Å²) in [7, 11) is 4.91. The van der Waals surface area contributed by atoms with Gasteiger partial charge in [-0.15, -0.1) is 0 Å². The second-order valence-corrected chi connectivity index (χ2v) is 4.33. The Hall–Kier alpha value is -2.23. The van der Waals surface area contributed by atoms with Crippen molar-refractivity contribution in [2.75, 3.05) is 32.7 Å². The van der Waals surface area contributed by atoms with Crippen molar-refractivity contribution in [3.8, 4) is 5.75 Å². The first-order chi connectivity index (χ1) is 9.13. The van der Waals surface area contributed by atoms with Crippen LogP contribution < -0.4 is 9.64 Å². The van der Waals surface area contributed by atoms with Gasteiger partial charge in [-0.1, -0.05) is 12.1 Å². The van der Waals surface area contributed by atoms with E-state index >= 15 is 0 Å². The van der Waals surface area contributed by atoms with Crippen molar-refractivity contribution in [2.45, 2.75) is 0 Å². The highest BCUT2D eigenvalue weighted by Crippen LogP contribution is 2.25. The Kier molecular flexibility index (Phi) is 3.90. The number of hydrogen-bond donors (Lipinski definition) is 0. The van der Waals surface area contributed by atoms with E-state index in [4.69, 9.17) is 4.74 Å². The molecule has 0 bridgehead atoms. The van der Waals surface area contributed by atoms with Gasteiger partial charge in [-0.05, 0) is 35.0 Å². The minimum absolute atomic E-state index is 0.234. The average Bonchev–Trinajstić information content (AvgIpc) is 2.45. The van der Waals surface area contributed by atoms with Crippen LogP contribution >= 0.6 is 0 Å². The molecule has 19 heavy (non-hydrogen) atoms. The number of methoxy groups -OCH3 is 2. The number of ether oxygens (including phenoxy) is 2. The third-order valence-electron chi connectivity index (χ3n) is 3.07. The van der Waals surface area contributed by atoms with Crippen LogP contribution in [0.3, 0.4) is 0 Å². The van der Waals surface area contributed by atoms with Gasteiger partial charge in [-0.25, -0.2) is 0 Å². The summed E-state index contributed by atoms with van der Waals surface area (Å²) in [6.45, 7) is 0.234. The summed E-state index contributed by atoms with van der Waals surface area (Å²) in [6, 6.07) is 11.9. The van der Waals surface area contributed by atoms with Gasteiger partial charge in [0.1, 0.15) is 12.3 Å². The van der Waals surface area contributed by atoms with E-state index in [0.717, 1.165) is 22.2 Å². The maximum Gasteiger partial charge on any atom is 0.325 e. The van der Waals surface area contributed by atoms with Gasteiger partial charge in [-0.2, -0.15) is 0 Å². The van der Waals surface area contributed by atoms with Gasteiger partial charge in [0.05, 0.1) is 14.2 Å². The SMILES string of the molecule is COC(=O)CN(C)c1ccc2cc(OC)ccc2c1. The third kappa shape index (κ3) is 2.96. The molecule has 0 saturated heterocycles. The number of carbonyl (C=O) groups excluding carboxylic acids is 1. The van der Waals surface area contributed by atoms with E-state index in [1.54, 1.807) is 7.11 Å². The molecule has 2 rings (SSSR count). The number of hydrogen-bond acceptors (Lipinski definition) is 4. The van der Waals surface area contributed by atoms with Crippen molar-refractivity contribution in [2.24, 2.45) is 0 Å². The molecule has 0 fully saturated rings. The van der Waals surface area contributed by atoms with E-state index in [0.29, 0.717) is 0 Å². The highest BCUT2D eigenvalue weighted by Gasteiger charge is 2.08. The van der Waals surface area contributed by atoms with Gasteiger partial charge < -0.3 is 14.4 Å². The maximum atomic E-state index is 11.3. The molecule has 4 heteroatoms. The van der Waals surface area contributed by atoms with Crippen molar-refractivity contribution in [3.63, 3.8) is 0 Å². The summed E-state index contributed by atoms with van der Waals surface area (Å²) in [5, 5.41) is 2.21. The first kappa shape index (κ1) is 13.2. The van der Waals surface area contributed by atoms with Gasteiger partial charge in [0.25, 0.3) is 0 Å². The van der Waals surface area contributed by atoms with Gasteiger partial charge in [0, 0.05) is 12.7 Å². The quantitative estimate of drug-likeness (QED) is 0.791. The third-order valence-corrected chi connectivity index (χ3v) is 3.07. The monoisotopic (exact) mass is 259 g/mol. The fourth-order valence-corrected chi connectivity index (χ4v) is 1.93. The van der Waals surface area contributed by atoms with Crippen LogP contribution in [-0.2, 0) is 9.53 Å². The molecule has 0 spiro atoms. The first-order valence-electron chi connectivity index (χ1n) is 6.00. The fraction of sp³-hybridized carbons (Fsp3) is 0.267. The van der Waals surface area contributed by atoms with Crippen LogP contribution in [-0.4, -0.2) is 33.8 Å². The number of benzene rings is 2. The summed E-state index contributed by atoms with van der Waals surface area (Å²) >= 11 is 0. The van der Waals surface area contributed by atoms with E-state index in [-0.39, 0.29) is 12.5 Å². The zero-order valence-corrected chi connectivity index (χ0v) is 11.3. The predicted molar refractivity (Wildman–Crippen MR) is 75.8 cm³/mol. The second kappa shape index (κ2) is 5.61. The predicted octanol–water partition coefficient (Wildman–Crippen LogP) is 2.46. The molecule has 0 N–H and O–H groups in total. The summed E-state index contributed by atoms with van der Waals surface area (Å²) in [5.74, 6) is 0.584. The Morgan fingerprint density at radius 1 is 1.11 bits per heavy atom. The van der Waals surface area contributed by atoms with Crippen LogP contribution in [0.15, 0.2) is 36.4 Å². The fourth-order valence-electron chi connectivity index (χ4n) is 1.93. The van der Waals surface area contributed by atoms with E-state index in [2.05, 4.69) is 4.74 Å². The number of esters is 1. The molecule has 0 aromatic heterocycles. The molecule has 2 aromatic carbocycles.